The molecule has 6 nitrogen and oxygen atoms in total. The highest BCUT2D eigenvalue weighted by molar-refractivity contribution is 5.89. The molecule has 1 aromatic rings. The van der Waals surface area contributed by atoms with E-state index in [1.807, 2.05) is 31.2 Å². The van der Waals surface area contributed by atoms with Crippen molar-refractivity contribution < 1.29 is 19.5 Å². The van der Waals surface area contributed by atoms with Crippen LogP contribution < -0.4 is 0 Å². The molecule has 24 heavy (non-hydrogen) atoms. The van der Waals surface area contributed by atoms with E-state index < -0.39 is 11.9 Å². The lowest BCUT2D eigenvalue weighted by Gasteiger charge is -2.21. The highest BCUT2D eigenvalue weighted by Gasteiger charge is 2.39. The first-order valence-corrected chi connectivity index (χ1v) is 8.29. The summed E-state index contributed by atoms with van der Waals surface area (Å²) in [4.78, 5) is 39.1. The highest BCUT2D eigenvalue weighted by Crippen LogP contribution is 2.25. The molecule has 0 unspecified atom stereocenters. The van der Waals surface area contributed by atoms with Gasteiger partial charge in [-0.1, -0.05) is 29.8 Å². The molecule has 0 aromatic heterocycles. The van der Waals surface area contributed by atoms with Gasteiger partial charge >= 0.3 is 5.97 Å². The molecule has 2 saturated heterocycles. The summed E-state index contributed by atoms with van der Waals surface area (Å²) in [6, 6.07) is 8.01. The fourth-order valence-electron chi connectivity index (χ4n) is 3.42. The Bertz CT molecular complexity index is 655. The van der Waals surface area contributed by atoms with Gasteiger partial charge in [0.15, 0.2) is 0 Å². The Kier molecular flexibility index (Phi) is 4.55. The first kappa shape index (κ1) is 16.5. The monoisotopic (exact) mass is 330 g/mol. The second-order valence-corrected chi connectivity index (χ2v) is 6.77. The van der Waals surface area contributed by atoms with E-state index in [2.05, 4.69) is 0 Å². The molecule has 0 bridgehead atoms. The Hall–Kier alpha value is -2.37. The van der Waals surface area contributed by atoms with Crippen molar-refractivity contribution in [3.8, 4) is 0 Å². The molecule has 2 aliphatic rings. The maximum absolute atomic E-state index is 12.6. The van der Waals surface area contributed by atoms with Crippen molar-refractivity contribution in [3.05, 3.63) is 35.4 Å². The van der Waals surface area contributed by atoms with Gasteiger partial charge in [0.05, 0.1) is 11.8 Å². The van der Waals surface area contributed by atoms with Crippen LogP contribution in [0.25, 0.3) is 0 Å². The van der Waals surface area contributed by atoms with Gasteiger partial charge in [-0.25, -0.2) is 0 Å². The Labute approximate surface area is 141 Å². The number of hydrogen-bond donors (Lipinski definition) is 1. The molecule has 0 aliphatic carbocycles. The van der Waals surface area contributed by atoms with Crippen LogP contribution in [0, 0.1) is 18.8 Å². The first-order chi connectivity index (χ1) is 11.4. The van der Waals surface area contributed by atoms with Crippen molar-refractivity contribution >= 4 is 17.8 Å². The maximum atomic E-state index is 12.6. The van der Waals surface area contributed by atoms with Gasteiger partial charge in [-0.05, 0) is 18.9 Å². The predicted octanol–water partition coefficient (Wildman–Crippen LogP) is 1.28. The number of carbonyl (C=O) groups excluding carboxylic acids is 2. The zero-order valence-electron chi connectivity index (χ0n) is 13.8. The van der Waals surface area contributed by atoms with Crippen LogP contribution in [0.15, 0.2) is 24.3 Å². The number of aliphatic carboxylic acids is 1. The lowest BCUT2D eigenvalue weighted by atomic mass is 10.1. The maximum Gasteiger partial charge on any atom is 0.308 e. The lowest BCUT2D eigenvalue weighted by molar-refractivity contribution is -0.141. The number of likely N-dealkylation sites (tertiary alicyclic amines) is 2. The molecule has 2 aliphatic heterocycles. The van der Waals surface area contributed by atoms with E-state index in [0.29, 0.717) is 26.1 Å². The summed E-state index contributed by atoms with van der Waals surface area (Å²) in [5, 5.41) is 9.05. The van der Waals surface area contributed by atoms with E-state index in [1.54, 1.807) is 9.80 Å². The largest absolute Gasteiger partial charge is 0.481 e. The molecule has 6 heteroatoms. The van der Waals surface area contributed by atoms with Crippen molar-refractivity contribution in [1.82, 2.24) is 9.80 Å². The van der Waals surface area contributed by atoms with Gasteiger partial charge in [-0.2, -0.15) is 0 Å². The summed E-state index contributed by atoms with van der Waals surface area (Å²) in [7, 11) is 0. The Morgan fingerprint density at radius 3 is 2.50 bits per heavy atom. The molecule has 2 atom stereocenters. The normalized spacial score (nSPS) is 23.8. The zero-order valence-corrected chi connectivity index (χ0v) is 13.8. The lowest BCUT2D eigenvalue weighted by Crippen LogP contribution is -2.36. The van der Waals surface area contributed by atoms with E-state index in [0.717, 1.165) is 5.56 Å². The number of rotatable bonds is 4. The van der Waals surface area contributed by atoms with Gasteiger partial charge in [0.25, 0.3) is 0 Å². The summed E-state index contributed by atoms with van der Waals surface area (Å²) in [5.74, 6) is -1.78. The number of aryl methyl sites for hydroxylation is 1. The standard InChI is InChI=1S/C18H22N2O4/c1-12-2-4-13(5-3-12)9-20-11-15(8-16(20)21)17(22)19-7-6-14(10-19)18(23)24/h2-5,14-15H,6-11H2,1H3,(H,23,24)/t14-,15-/m0/s1. The summed E-state index contributed by atoms with van der Waals surface area (Å²) in [5.41, 5.74) is 2.22. The minimum Gasteiger partial charge on any atom is -0.481 e. The van der Waals surface area contributed by atoms with E-state index in [1.165, 1.54) is 5.56 Å². The van der Waals surface area contributed by atoms with Crippen LogP contribution in [0.5, 0.6) is 0 Å². The summed E-state index contributed by atoms with van der Waals surface area (Å²) < 4.78 is 0. The first-order valence-electron chi connectivity index (χ1n) is 8.29. The molecule has 128 valence electrons. The average molecular weight is 330 g/mol. The molecule has 1 N–H and O–H groups in total. The van der Waals surface area contributed by atoms with Gasteiger partial charge in [-0.3, -0.25) is 14.4 Å². The van der Waals surface area contributed by atoms with Crippen molar-refractivity contribution in [2.75, 3.05) is 19.6 Å². The molecule has 2 heterocycles. The molecule has 0 radical (unpaired) electrons. The topological polar surface area (TPSA) is 77.9 Å². The number of carboxylic acids is 1. The van der Waals surface area contributed by atoms with Gasteiger partial charge in [-0.15, -0.1) is 0 Å². The third-order valence-corrected chi connectivity index (χ3v) is 4.91. The van der Waals surface area contributed by atoms with Crippen molar-refractivity contribution in [2.24, 2.45) is 11.8 Å². The number of nitrogens with zero attached hydrogens (tertiary/aromatic N) is 2. The summed E-state index contributed by atoms with van der Waals surface area (Å²) in [6.07, 6.45) is 0.716. The van der Waals surface area contributed by atoms with Crippen LogP contribution in [0.1, 0.15) is 24.0 Å². The quantitative estimate of drug-likeness (QED) is 0.902. The molecular formula is C18H22N2O4. The minimum absolute atomic E-state index is 0.0112. The van der Waals surface area contributed by atoms with Crippen LogP contribution in [-0.4, -0.2) is 52.3 Å². The van der Waals surface area contributed by atoms with Crippen molar-refractivity contribution in [3.63, 3.8) is 0 Å². The molecule has 2 fully saturated rings. The van der Waals surface area contributed by atoms with Gasteiger partial charge in [0.2, 0.25) is 11.8 Å². The third-order valence-electron chi connectivity index (χ3n) is 4.91. The SMILES string of the molecule is Cc1ccc(CN2C[C@@H](C(=O)N3CC[C@H](C(=O)O)C3)CC2=O)cc1. The zero-order chi connectivity index (χ0) is 17.3. The predicted molar refractivity (Wildman–Crippen MR) is 87.0 cm³/mol. The fraction of sp³-hybridized carbons (Fsp3) is 0.500. The van der Waals surface area contributed by atoms with E-state index in [-0.39, 0.29) is 30.7 Å². The molecule has 2 amide bonds. The number of benzene rings is 1. The Morgan fingerprint density at radius 2 is 1.88 bits per heavy atom. The van der Waals surface area contributed by atoms with Crippen LogP contribution in [0.3, 0.4) is 0 Å². The van der Waals surface area contributed by atoms with Crippen LogP contribution >= 0.6 is 0 Å². The molecule has 1 aromatic carbocycles. The third kappa shape index (κ3) is 3.42. The van der Waals surface area contributed by atoms with Gasteiger partial charge in [0.1, 0.15) is 0 Å². The van der Waals surface area contributed by atoms with Crippen LogP contribution in [0.2, 0.25) is 0 Å². The average Bonchev–Trinajstić information content (AvgIpc) is 3.17. The van der Waals surface area contributed by atoms with E-state index in [9.17, 15) is 14.4 Å². The number of carboxylic acid groups (broad SMARTS) is 1. The number of carbonyl (C=O) groups is 3. The molecular weight excluding hydrogens is 308 g/mol. The molecule has 0 saturated carbocycles. The van der Waals surface area contributed by atoms with Crippen LogP contribution in [-0.2, 0) is 20.9 Å². The summed E-state index contributed by atoms with van der Waals surface area (Å²) in [6.45, 7) is 3.68. The number of amides is 2. The second kappa shape index (κ2) is 6.63. The highest BCUT2D eigenvalue weighted by atomic mass is 16.4. The Balaban J connectivity index is 1.59. The van der Waals surface area contributed by atoms with Crippen molar-refractivity contribution in [2.45, 2.75) is 26.3 Å². The van der Waals surface area contributed by atoms with Gasteiger partial charge in [0, 0.05) is 32.6 Å². The smallest absolute Gasteiger partial charge is 0.308 e. The minimum atomic E-state index is -0.853. The molecule has 0 spiro atoms. The number of hydrogen-bond acceptors (Lipinski definition) is 3. The van der Waals surface area contributed by atoms with E-state index in [4.69, 9.17) is 5.11 Å². The van der Waals surface area contributed by atoms with Crippen molar-refractivity contribution in [1.29, 1.82) is 0 Å². The van der Waals surface area contributed by atoms with Gasteiger partial charge < -0.3 is 14.9 Å². The van der Waals surface area contributed by atoms with Crippen LogP contribution in [0.4, 0.5) is 0 Å². The second-order valence-electron chi connectivity index (χ2n) is 6.77. The molecule has 3 rings (SSSR count). The summed E-state index contributed by atoms with van der Waals surface area (Å²) >= 11 is 0. The Morgan fingerprint density at radius 1 is 1.17 bits per heavy atom. The van der Waals surface area contributed by atoms with E-state index >= 15 is 0 Å². The fourth-order valence-corrected chi connectivity index (χ4v) is 3.42.